The van der Waals surface area contributed by atoms with Crippen LogP contribution in [0.3, 0.4) is 0 Å². The molecule has 0 bridgehead atoms. The molecule has 0 saturated heterocycles. The van der Waals surface area contributed by atoms with E-state index in [-0.39, 0.29) is 5.82 Å². The highest BCUT2D eigenvalue weighted by Gasteiger charge is 2.21. The van der Waals surface area contributed by atoms with E-state index < -0.39 is 17.5 Å². The van der Waals surface area contributed by atoms with Gasteiger partial charge >= 0.3 is 6.09 Å². The number of halogens is 1. The first-order chi connectivity index (χ1) is 8.35. The minimum absolute atomic E-state index is 0.131. The molecular formula is C12H15FN2O3. The van der Waals surface area contributed by atoms with Crippen LogP contribution in [0.1, 0.15) is 26.5 Å². The minimum Gasteiger partial charge on any atom is -0.491 e. The van der Waals surface area contributed by atoms with Gasteiger partial charge in [0.15, 0.2) is 11.6 Å². The fourth-order valence-electron chi connectivity index (χ4n) is 1.56. The van der Waals surface area contributed by atoms with Crippen LogP contribution >= 0.6 is 0 Å². The number of nitrogens with one attached hydrogen (secondary N) is 1. The molecule has 0 spiro atoms. The Balaban J connectivity index is 2.12. The molecule has 1 amide bonds. The summed E-state index contributed by atoms with van der Waals surface area (Å²) < 4.78 is 23.8. The van der Waals surface area contributed by atoms with E-state index in [1.165, 1.54) is 6.07 Å². The molecule has 1 aromatic heterocycles. The van der Waals surface area contributed by atoms with Gasteiger partial charge in [-0.15, -0.1) is 0 Å². The van der Waals surface area contributed by atoms with Gasteiger partial charge in [-0.05, 0) is 20.8 Å². The summed E-state index contributed by atoms with van der Waals surface area (Å²) >= 11 is 0. The van der Waals surface area contributed by atoms with Crippen LogP contribution < -0.4 is 10.1 Å². The van der Waals surface area contributed by atoms with E-state index in [1.54, 1.807) is 20.8 Å². The van der Waals surface area contributed by atoms with Crippen LogP contribution in [0.5, 0.6) is 5.75 Å². The molecule has 0 saturated carbocycles. The Hall–Kier alpha value is -1.85. The number of rotatable bonds is 1. The maximum Gasteiger partial charge on any atom is 0.413 e. The average Bonchev–Trinajstić information content (AvgIpc) is 2.62. The molecule has 0 fully saturated rings. The van der Waals surface area contributed by atoms with Gasteiger partial charge < -0.3 is 9.47 Å². The van der Waals surface area contributed by atoms with Crippen molar-refractivity contribution in [1.82, 2.24) is 4.98 Å². The smallest absolute Gasteiger partial charge is 0.413 e. The van der Waals surface area contributed by atoms with Crippen LogP contribution in [0.4, 0.5) is 15.0 Å². The number of nitrogens with zero attached hydrogens (tertiary/aromatic N) is 1. The summed E-state index contributed by atoms with van der Waals surface area (Å²) in [4.78, 5) is 15.5. The van der Waals surface area contributed by atoms with Gasteiger partial charge in [-0.2, -0.15) is 0 Å². The first kappa shape index (κ1) is 12.6. The van der Waals surface area contributed by atoms with Gasteiger partial charge in [0, 0.05) is 12.5 Å². The van der Waals surface area contributed by atoms with Crippen molar-refractivity contribution in [3.05, 3.63) is 17.6 Å². The SMILES string of the molecule is CC(C)(C)OC(=O)Nc1nc2c(cc1F)OCC2. The number of ether oxygens (including phenoxy) is 2. The molecule has 2 rings (SSSR count). The summed E-state index contributed by atoms with van der Waals surface area (Å²) in [5, 5.41) is 2.29. The lowest BCUT2D eigenvalue weighted by atomic mass is 10.2. The number of carbonyl (C=O) groups excluding carboxylic acids is 1. The fraction of sp³-hybridized carbons (Fsp3) is 0.500. The van der Waals surface area contributed by atoms with Crippen molar-refractivity contribution in [2.75, 3.05) is 11.9 Å². The van der Waals surface area contributed by atoms with E-state index in [4.69, 9.17) is 9.47 Å². The molecule has 6 heteroatoms. The third-order valence-corrected chi connectivity index (χ3v) is 2.23. The van der Waals surface area contributed by atoms with E-state index in [0.717, 1.165) is 0 Å². The number of aromatic nitrogens is 1. The first-order valence-corrected chi connectivity index (χ1v) is 5.67. The van der Waals surface area contributed by atoms with E-state index in [9.17, 15) is 9.18 Å². The number of anilines is 1. The highest BCUT2D eigenvalue weighted by Crippen LogP contribution is 2.27. The first-order valence-electron chi connectivity index (χ1n) is 5.67. The van der Waals surface area contributed by atoms with Crippen molar-refractivity contribution in [2.24, 2.45) is 0 Å². The van der Waals surface area contributed by atoms with Crippen LogP contribution in [0.2, 0.25) is 0 Å². The second-order valence-electron chi connectivity index (χ2n) is 4.99. The standard InChI is InChI=1S/C12H15FN2O3/c1-12(2,3)18-11(16)15-10-7(13)6-9-8(14-10)4-5-17-9/h6H,4-5H2,1-3H3,(H,14,15,16). The summed E-state index contributed by atoms with van der Waals surface area (Å²) in [6, 6.07) is 1.22. The number of hydrogen-bond donors (Lipinski definition) is 1. The Morgan fingerprint density at radius 3 is 2.94 bits per heavy atom. The van der Waals surface area contributed by atoms with Gasteiger partial charge in [0.2, 0.25) is 0 Å². The van der Waals surface area contributed by atoms with Gasteiger partial charge in [-0.3, -0.25) is 5.32 Å². The van der Waals surface area contributed by atoms with Crippen molar-refractivity contribution in [1.29, 1.82) is 0 Å². The van der Waals surface area contributed by atoms with Crippen LogP contribution in [0, 0.1) is 5.82 Å². The number of fused-ring (bicyclic) bond motifs is 1. The maximum atomic E-state index is 13.6. The normalized spacial score (nSPS) is 13.8. The Kier molecular flexibility index (Phi) is 3.11. The van der Waals surface area contributed by atoms with E-state index in [1.807, 2.05) is 0 Å². The molecule has 18 heavy (non-hydrogen) atoms. The van der Waals surface area contributed by atoms with E-state index >= 15 is 0 Å². The lowest BCUT2D eigenvalue weighted by Gasteiger charge is -2.19. The van der Waals surface area contributed by atoms with Crippen molar-refractivity contribution < 1.29 is 18.7 Å². The fourth-order valence-corrected chi connectivity index (χ4v) is 1.56. The Labute approximate surface area is 104 Å². The molecular weight excluding hydrogens is 239 g/mol. The Morgan fingerprint density at radius 1 is 1.56 bits per heavy atom. The molecule has 2 heterocycles. The molecule has 0 aliphatic carbocycles. The molecule has 1 aliphatic rings. The lowest BCUT2D eigenvalue weighted by molar-refractivity contribution is 0.0634. The predicted molar refractivity (Wildman–Crippen MR) is 63.3 cm³/mol. The van der Waals surface area contributed by atoms with Gasteiger partial charge in [0.05, 0.1) is 12.3 Å². The highest BCUT2D eigenvalue weighted by molar-refractivity contribution is 5.83. The predicted octanol–water partition coefficient (Wildman–Crippen LogP) is 2.50. The van der Waals surface area contributed by atoms with Crippen LogP contribution in [0.25, 0.3) is 0 Å². The zero-order valence-corrected chi connectivity index (χ0v) is 10.5. The van der Waals surface area contributed by atoms with Crippen molar-refractivity contribution in [2.45, 2.75) is 32.8 Å². The van der Waals surface area contributed by atoms with E-state index in [2.05, 4.69) is 10.3 Å². The summed E-state index contributed by atoms with van der Waals surface area (Å²) in [6.07, 6.45) is -0.119. The summed E-state index contributed by atoms with van der Waals surface area (Å²) in [6.45, 7) is 5.67. The number of pyridine rings is 1. The zero-order valence-electron chi connectivity index (χ0n) is 10.5. The molecule has 0 aromatic carbocycles. The topological polar surface area (TPSA) is 60.5 Å². The Morgan fingerprint density at radius 2 is 2.28 bits per heavy atom. The molecule has 0 atom stereocenters. The average molecular weight is 254 g/mol. The van der Waals surface area contributed by atoms with Gasteiger partial charge in [0.25, 0.3) is 0 Å². The molecule has 1 aliphatic heterocycles. The zero-order chi connectivity index (χ0) is 13.3. The van der Waals surface area contributed by atoms with Crippen molar-refractivity contribution in [3.8, 4) is 5.75 Å². The van der Waals surface area contributed by atoms with Crippen LogP contribution in [0.15, 0.2) is 6.07 Å². The monoisotopic (exact) mass is 254 g/mol. The molecule has 5 nitrogen and oxygen atoms in total. The second-order valence-corrected chi connectivity index (χ2v) is 4.99. The third-order valence-electron chi connectivity index (χ3n) is 2.23. The van der Waals surface area contributed by atoms with Crippen molar-refractivity contribution >= 4 is 11.9 Å². The minimum atomic E-state index is -0.729. The molecule has 0 unspecified atom stereocenters. The second kappa shape index (κ2) is 4.44. The van der Waals surface area contributed by atoms with Gasteiger partial charge in [-0.1, -0.05) is 0 Å². The summed E-state index contributed by atoms with van der Waals surface area (Å²) in [5.74, 6) is -0.336. The molecule has 0 radical (unpaired) electrons. The van der Waals surface area contributed by atoms with Gasteiger partial charge in [-0.25, -0.2) is 14.2 Å². The summed E-state index contributed by atoms with van der Waals surface area (Å²) in [5.41, 5.74) is 0.00267. The number of hydrogen-bond acceptors (Lipinski definition) is 4. The lowest BCUT2D eigenvalue weighted by Crippen LogP contribution is -2.27. The quantitative estimate of drug-likeness (QED) is 0.836. The molecule has 1 aromatic rings. The van der Waals surface area contributed by atoms with E-state index in [0.29, 0.717) is 24.5 Å². The molecule has 1 N–H and O–H groups in total. The largest absolute Gasteiger partial charge is 0.491 e. The maximum absolute atomic E-state index is 13.6. The number of amides is 1. The van der Waals surface area contributed by atoms with Gasteiger partial charge in [0.1, 0.15) is 11.4 Å². The number of carbonyl (C=O) groups is 1. The van der Waals surface area contributed by atoms with Crippen molar-refractivity contribution in [3.63, 3.8) is 0 Å². The molecule has 98 valence electrons. The summed E-state index contributed by atoms with van der Waals surface area (Å²) in [7, 11) is 0. The highest BCUT2D eigenvalue weighted by atomic mass is 19.1. The van der Waals surface area contributed by atoms with Crippen LogP contribution in [-0.2, 0) is 11.2 Å². The third kappa shape index (κ3) is 2.88. The Bertz CT molecular complexity index is 483. The van der Waals surface area contributed by atoms with Crippen LogP contribution in [-0.4, -0.2) is 23.3 Å².